The lowest BCUT2D eigenvalue weighted by Gasteiger charge is -2.41. The molecule has 3 rings (SSSR count). The summed E-state index contributed by atoms with van der Waals surface area (Å²) >= 11 is 0. The molecule has 2 heterocycles. The van der Waals surface area contributed by atoms with E-state index in [0.29, 0.717) is 11.1 Å². The van der Waals surface area contributed by atoms with Crippen LogP contribution in [0.5, 0.6) is 0 Å². The van der Waals surface area contributed by atoms with Gasteiger partial charge in [0.15, 0.2) is 6.29 Å². The van der Waals surface area contributed by atoms with Crippen molar-refractivity contribution in [2.45, 2.75) is 31.0 Å². The second-order valence-electron chi connectivity index (χ2n) is 5.74. The summed E-state index contributed by atoms with van der Waals surface area (Å²) in [5.41, 5.74) is 0.646. The SMILES string of the molecule is C=CCO[C@@H]1O[C@H](CO)[C@@H](O)C[C@H]1N1C(=O)c2ccccc2C1=O. The Balaban J connectivity index is 1.89. The minimum atomic E-state index is -1.01. The fraction of sp³-hybridized carbons (Fsp3) is 0.412. The molecule has 4 atom stereocenters. The number of rotatable bonds is 5. The van der Waals surface area contributed by atoms with E-state index in [1.165, 1.54) is 6.08 Å². The first-order chi connectivity index (χ1) is 11.6. The van der Waals surface area contributed by atoms with Gasteiger partial charge in [0.25, 0.3) is 11.8 Å². The molecule has 0 unspecified atom stereocenters. The summed E-state index contributed by atoms with van der Waals surface area (Å²) in [6, 6.07) is 5.77. The summed E-state index contributed by atoms with van der Waals surface area (Å²) in [6.45, 7) is 3.32. The van der Waals surface area contributed by atoms with Crippen LogP contribution in [0.15, 0.2) is 36.9 Å². The van der Waals surface area contributed by atoms with Crippen molar-refractivity contribution < 1.29 is 29.3 Å². The molecule has 2 amide bonds. The monoisotopic (exact) mass is 333 g/mol. The smallest absolute Gasteiger partial charge is 0.261 e. The Morgan fingerprint density at radius 2 is 1.92 bits per heavy atom. The van der Waals surface area contributed by atoms with E-state index in [1.54, 1.807) is 24.3 Å². The number of benzene rings is 1. The highest BCUT2D eigenvalue weighted by Crippen LogP contribution is 2.32. The van der Waals surface area contributed by atoms with Gasteiger partial charge < -0.3 is 19.7 Å². The Labute approximate surface area is 139 Å². The fourth-order valence-corrected chi connectivity index (χ4v) is 3.08. The molecule has 2 N–H and O–H groups in total. The quantitative estimate of drug-likeness (QED) is 0.595. The second kappa shape index (κ2) is 6.82. The summed E-state index contributed by atoms with van der Waals surface area (Å²) in [7, 11) is 0. The molecule has 24 heavy (non-hydrogen) atoms. The van der Waals surface area contributed by atoms with E-state index in [1.807, 2.05) is 0 Å². The van der Waals surface area contributed by atoms with Gasteiger partial charge in [0.1, 0.15) is 6.10 Å². The molecule has 1 aromatic carbocycles. The van der Waals surface area contributed by atoms with Crippen molar-refractivity contribution in [3.63, 3.8) is 0 Å². The zero-order valence-corrected chi connectivity index (χ0v) is 13.0. The predicted molar refractivity (Wildman–Crippen MR) is 83.2 cm³/mol. The molecular formula is C17H19NO6. The van der Waals surface area contributed by atoms with Crippen LogP contribution < -0.4 is 0 Å². The Morgan fingerprint density at radius 3 is 2.46 bits per heavy atom. The first kappa shape index (κ1) is 16.8. The van der Waals surface area contributed by atoms with Gasteiger partial charge in [0, 0.05) is 6.42 Å². The molecular weight excluding hydrogens is 314 g/mol. The topological polar surface area (TPSA) is 96.3 Å². The van der Waals surface area contributed by atoms with Crippen LogP contribution in [0.25, 0.3) is 0 Å². The van der Waals surface area contributed by atoms with Crippen LogP contribution in [0.2, 0.25) is 0 Å². The average Bonchev–Trinajstić information content (AvgIpc) is 2.85. The molecule has 7 heteroatoms. The molecule has 128 valence electrons. The van der Waals surface area contributed by atoms with Gasteiger partial charge in [0.2, 0.25) is 0 Å². The standard InChI is InChI=1S/C17H19NO6/c1-2-7-23-17-12(8-13(20)14(9-19)24-17)18-15(21)10-5-3-4-6-11(10)16(18)22/h2-6,12-14,17,19-20H,1,7-9H2/t12-,13+,14-,17-/m1/s1. The molecule has 0 saturated carbocycles. The molecule has 0 spiro atoms. The molecule has 0 radical (unpaired) electrons. The van der Waals surface area contributed by atoms with E-state index in [4.69, 9.17) is 9.47 Å². The number of fused-ring (bicyclic) bond motifs is 1. The van der Waals surface area contributed by atoms with Crippen LogP contribution in [0.1, 0.15) is 27.1 Å². The van der Waals surface area contributed by atoms with Gasteiger partial charge in [-0.15, -0.1) is 6.58 Å². The van der Waals surface area contributed by atoms with Crippen LogP contribution in [-0.4, -0.2) is 64.7 Å². The number of aliphatic hydroxyl groups excluding tert-OH is 2. The van der Waals surface area contributed by atoms with Crippen LogP contribution in [-0.2, 0) is 9.47 Å². The van der Waals surface area contributed by atoms with Crippen LogP contribution in [0.3, 0.4) is 0 Å². The summed E-state index contributed by atoms with van der Waals surface area (Å²) in [6.07, 6.45) is -1.19. The Bertz CT molecular complexity index is 625. The fourth-order valence-electron chi connectivity index (χ4n) is 3.08. The van der Waals surface area contributed by atoms with E-state index in [2.05, 4.69) is 6.58 Å². The number of hydrogen-bond acceptors (Lipinski definition) is 6. The number of amides is 2. The maximum absolute atomic E-state index is 12.6. The Morgan fingerprint density at radius 1 is 1.29 bits per heavy atom. The van der Waals surface area contributed by atoms with Gasteiger partial charge in [-0.1, -0.05) is 18.2 Å². The molecule has 2 aliphatic rings. The van der Waals surface area contributed by atoms with Crippen LogP contribution in [0.4, 0.5) is 0 Å². The average molecular weight is 333 g/mol. The first-order valence-electron chi connectivity index (χ1n) is 7.72. The largest absolute Gasteiger partial charge is 0.394 e. The first-order valence-corrected chi connectivity index (χ1v) is 7.72. The Hall–Kier alpha value is -2.06. The highest BCUT2D eigenvalue weighted by molar-refractivity contribution is 6.21. The third-order valence-electron chi connectivity index (χ3n) is 4.25. The predicted octanol–water partition coefficient (Wildman–Crippen LogP) is 0.322. The molecule has 0 aromatic heterocycles. The number of aliphatic hydroxyl groups is 2. The molecule has 1 fully saturated rings. The van der Waals surface area contributed by atoms with E-state index in [-0.39, 0.29) is 19.6 Å². The molecule has 7 nitrogen and oxygen atoms in total. The Kier molecular flexibility index (Phi) is 4.77. The van der Waals surface area contributed by atoms with Gasteiger partial charge in [-0.05, 0) is 12.1 Å². The lowest BCUT2D eigenvalue weighted by Crippen LogP contribution is -2.57. The van der Waals surface area contributed by atoms with Crippen molar-refractivity contribution in [3.05, 3.63) is 48.0 Å². The summed E-state index contributed by atoms with van der Waals surface area (Å²) in [5.74, 6) is -0.878. The molecule has 2 aliphatic heterocycles. The van der Waals surface area contributed by atoms with E-state index in [9.17, 15) is 19.8 Å². The lowest BCUT2D eigenvalue weighted by molar-refractivity contribution is -0.246. The molecule has 1 saturated heterocycles. The highest BCUT2D eigenvalue weighted by Gasteiger charge is 2.48. The second-order valence-corrected chi connectivity index (χ2v) is 5.74. The van der Waals surface area contributed by atoms with Crippen molar-refractivity contribution in [2.75, 3.05) is 13.2 Å². The number of ether oxygens (including phenoxy) is 2. The molecule has 0 aliphatic carbocycles. The third kappa shape index (κ3) is 2.76. The van der Waals surface area contributed by atoms with E-state index < -0.39 is 36.4 Å². The summed E-state index contributed by atoms with van der Waals surface area (Å²) < 4.78 is 11.1. The van der Waals surface area contributed by atoms with Crippen LogP contribution >= 0.6 is 0 Å². The van der Waals surface area contributed by atoms with E-state index >= 15 is 0 Å². The number of hydrogen-bond donors (Lipinski definition) is 2. The van der Waals surface area contributed by atoms with Crippen molar-refractivity contribution >= 4 is 11.8 Å². The minimum absolute atomic E-state index is 0.0680. The number of imide groups is 1. The van der Waals surface area contributed by atoms with Crippen molar-refractivity contribution in [1.29, 1.82) is 0 Å². The van der Waals surface area contributed by atoms with Gasteiger partial charge in [-0.3, -0.25) is 14.5 Å². The number of carbonyl (C=O) groups is 2. The number of nitrogens with zero attached hydrogens (tertiary/aromatic N) is 1. The van der Waals surface area contributed by atoms with Gasteiger partial charge >= 0.3 is 0 Å². The highest BCUT2D eigenvalue weighted by atomic mass is 16.7. The van der Waals surface area contributed by atoms with Crippen molar-refractivity contribution in [3.8, 4) is 0 Å². The van der Waals surface area contributed by atoms with Gasteiger partial charge in [-0.2, -0.15) is 0 Å². The van der Waals surface area contributed by atoms with E-state index in [0.717, 1.165) is 4.90 Å². The minimum Gasteiger partial charge on any atom is -0.394 e. The van der Waals surface area contributed by atoms with Gasteiger partial charge in [-0.25, -0.2) is 0 Å². The van der Waals surface area contributed by atoms with Crippen LogP contribution in [0, 0.1) is 0 Å². The molecule has 1 aromatic rings. The maximum Gasteiger partial charge on any atom is 0.261 e. The summed E-state index contributed by atoms with van der Waals surface area (Å²) in [5, 5.41) is 19.4. The zero-order valence-electron chi connectivity index (χ0n) is 13.0. The van der Waals surface area contributed by atoms with Crippen molar-refractivity contribution in [1.82, 2.24) is 4.90 Å². The molecule has 0 bridgehead atoms. The maximum atomic E-state index is 12.6. The zero-order chi connectivity index (χ0) is 17.3. The summed E-state index contributed by atoms with van der Waals surface area (Å²) in [4.78, 5) is 26.3. The van der Waals surface area contributed by atoms with Crippen molar-refractivity contribution in [2.24, 2.45) is 0 Å². The number of carbonyl (C=O) groups excluding carboxylic acids is 2. The van der Waals surface area contributed by atoms with Gasteiger partial charge in [0.05, 0.1) is 36.5 Å². The third-order valence-corrected chi connectivity index (χ3v) is 4.25. The lowest BCUT2D eigenvalue weighted by atomic mass is 9.99. The normalized spacial score (nSPS) is 29.7.